The van der Waals surface area contributed by atoms with Gasteiger partial charge in [0.25, 0.3) is 11.8 Å². The fourth-order valence-corrected chi connectivity index (χ4v) is 2.93. The molecule has 0 unspecified atom stereocenters. The summed E-state index contributed by atoms with van der Waals surface area (Å²) in [6.45, 7) is 1.31. The molecule has 1 aliphatic heterocycles. The van der Waals surface area contributed by atoms with Gasteiger partial charge in [0, 0.05) is 24.7 Å². The quantitative estimate of drug-likeness (QED) is 0.911. The Kier molecular flexibility index (Phi) is 5.67. The smallest absolute Gasteiger partial charge is 0.258 e. The van der Waals surface area contributed by atoms with Gasteiger partial charge in [-0.05, 0) is 37.1 Å². The molecule has 0 atom stereocenters. The van der Waals surface area contributed by atoms with Gasteiger partial charge >= 0.3 is 0 Å². The van der Waals surface area contributed by atoms with Gasteiger partial charge in [0.05, 0.1) is 0 Å². The topological polar surface area (TPSA) is 58.6 Å². The number of para-hydroxylation sites is 1. The number of hydrogen-bond donors (Lipinski definition) is 1. The number of ether oxygens (including phenoxy) is 1. The van der Waals surface area contributed by atoms with Crippen LogP contribution in [0.5, 0.6) is 5.75 Å². The monoisotopic (exact) mass is 338 g/mol. The van der Waals surface area contributed by atoms with Crippen LogP contribution in [0.3, 0.4) is 0 Å². The van der Waals surface area contributed by atoms with E-state index >= 15 is 0 Å². The molecule has 0 aliphatic carbocycles. The van der Waals surface area contributed by atoms with Crippen molar-refractivity contribution < 1.29 is 14.3 Å². The van der Waals surface area contributed by atoms with Crippen LogP contribution in [-0.2, 0) is 4.79 Å². The van der Waals surface area contributed by atoms with Crippen LogP contribution in [0, 0.1) is 0 Å². The average molecular weight is 338 g/mol. The average Bonchev–Trinajstić information content (AvgIpc) is 2.68. The van der Waals surface area contributed by atoms with Crippen molar-refractivity contribution in [2.45, 2.75) is 18.9 Å². The Morgan fingerprint density at radius 1 is 0.960 bits per heavy atom. The SMILES string of the molecule is O=C(COc1ccccc1)NC1CCN(C(=O)c2ccccc2)CC1. The van der Waals surface area contributed by atoms with Crippen LogP contribution < -0.4 is 10.1 Å². The highest BCUT2D eigenvalue weighted by Crippen LogP contribution is 2.14. The van der Waals surface area contributed by atoms with E-state index in [9.17, 15) is 9.59 Å². The summed E-state index contributed by atoms with van der Waals surface area (Å²) in [4.78, 5) is 26.3. The third-order valence-electron chi connectivity index (χ3n) is 4.28. The molecule has 2 amide bonds. The van der Waals surface area contributed by atoms with Crippen LogP contribution in [0.15, 0.2) is 60.7 Å². The molecule has 1 N–H and O–H groups in total. The van der Waals surface area contributed by atoms with Crippen LogP contribution in [0.2, 0.25) is 0 Å². The molecular formula is C20H22N2O3. The first-order chi connectivity index (χ1) is 12.2. The van der Waals surface area contributed by atoms with Gasteiger partial charge in [0.15, 0.2) is 6.61 Å². The normalized spacial score (nSPS) is 14.8. The summed E-state index contributed by atoms with van der Waals surface area (Å²) in [7, 11) is 0. The highest BCUT2D eigenvalue weighted by molar-refractivity contribution is 5.94. The van der Waals surface area contributed by atoms with Crippen molar-refractivity contribution >= 4 is 11.8 Å². The number of hydrogen-bond acceptors (Lipinski definition) is 3. The molecule has 1 fully saturated rings. The van der Waals surface area contributed by atoms with Crippen molar-refractivity contribution in [1.82, 2.24) is 10.2 Å². The molecule has 5 heteroatoms. The number of benzene rings is 2. The predicted octanol–water partition coefficient (Wildman–Crippen LogP) is 2.49. The first kappa shape index (κ1) is 17.0. The molecule has 25 heavy (non-hydrogen) atoms. The van der Waals surface area contributed by atoms with Gasteiger partial charge in [-0.25, -0.2) is 0 Å². The number of rotatable bonds is 5. The zero-order chi connectivity index (χ0) is 17.5. The highest BCUT2D eigenvalue weighted by atomic mass is 16.5. The summed E-state index contributed by atoms with van der Waals surface area (Å²) in [6, 6.07) is 18.7. The van der Waals surface area contributed by atoms with Crippen LogP contribution in [0.25, 0.3) is 0 Å². The molecule has 0 radical (unpaired) electrons. The number of likely N-dealkylation sites (tertiary alicyclic amines) is 1. The second-order valence-corrected chi connectivity index (χ2v) is 6.10. The van der Waals surface area contributed by atoms with Crippen molar-refractivity contribution in [3.05, 3.63) is 66.2 Å². The molecule has 130 valence electrons. The maximum atomic E-state index is 12.4. The number of nitrogens with one attached hydrogen (secondary N) is 1. The molecule has 3 rings (SSSR count). The molecule has 1 aliphatic rings. The molecule has 1 saturated heterocycles. The first-order valence-electron chi connectivity index (χ1n) is 8.54. The van der Waals surface area contributed by atoms with Crippen molar-refractivity contribution in [3.8, 4) is 5.75 Å². The Morgan fingerprint density at radius 2 is 1.56 bits per heavy atom. The third kappa shape index (κ3) is 4.83. The zero-order valence-electron chi connectivity index (χ0n) is 14.1. The maximum Gasteiger partial charge on any atom is 0.258 e. The van der Waals surface area contributed by atoms with E-state index in [0.29, 0.717) is 24.4 Å². The van der Waals surface area contributed by atoms with Crippen molar-refractivity contribution in [3.63, 3.8) is 0 Å². The molecule has 2 aromatic carbocycles. The third-order valence-corrected chi connectivity index (χ3v) is 4.28. The molecule has 0 saturated carbocycles. The van der Waals surface area contributed by atoms with Gasteiger partial charge in [-0.1, -0.05) is 36.4 Å². The summed E-state index contributed by atoms with van der Waals surface area (Å²) in [5, 5.41) is 2.99. The summed E-state index contributed by atoms with van der Waals surface area (Å²) >= 11 is 0. The fraction of sp³-hybridized carbons (Fsp3) is 0.300. The van der Waals surface area contributed by atoms with Crippen molar-refractivity contribution in [2.75, 3.05) is 19.7 Å². The number of amides is 2. The van der Waals surface area contributed by atoms with Crippen LogP contribution in [-0.4, -0.2) is 42.5 Å². The minimum Gasteiger partial charge on any atom is -0.484 e. The molecule has 2 aromatic rings. The summed E-state index contributed by atoms with van der Waals surface area (Å²) in [5.74, 6) is 0.607. The van der Waals surface area contributed by atoms with E-state index in [1.54, 1.807) is 0 Å². The van der Waals surface area contributed by atoms with Crippen LogP contribution >= 0.6 is 0 Å². The van der Waals surface area contributed by atoms with Gasteiger partial charge < -0.3 is 15.0 Å². The minimum atomic E-state index is -0.128. The van der Waals surface area contributed by atoms with E-state index in [1.807, 2.05) is 65.6 Å². The lowest BCUT2D eigenvalue weighted by molar-refractivity contribution is -0.124. The Morgan fingerprint density at radius 3 is 2.20 bits per heavy atom. The number of carbonyl (C=O) groups is 2. The van der Waals surface area contributed by atoms with Crippen LogP contribution in [0.1, 0.15) is 23.2 Å². The van der Waals surface area contributed by atoms with Gasteiger partial charge in [-0.3, -0.25) is 9.59 Å². The molecule has 0 aromatic heterocycles. The van der Waals surface area contributed by atoms with E-state index in [2.05, 4.69) is 5.32 Å². The van der Waals surface area contributed by atoms with E-state index in [0.717, 1.165) is 12.8 Å². The van der Waals surface area contributed by atoms with Gasteiger partial charge in [-0.15, -0.1) is 0 Å². The largest absolute Gasteiger partial charge is 0.484 e. The summed E-state index contributed by atoms with van der Waals surface area (Å²) in [6.07, 6.45) is 1.52. The lowest BCUT2D eigenvalue weighted by Gasteiger charge is -2.32. The number of carbonyl (C=O) groups excluding carboxylic acids is 2. The molecule has 0 spiro atoms. The first-order valence-corrected chi connectivity index (χ1v) is 8.54. The van der Waals surface area contributed by atoms with Crippen molar-refractivity contribution in [2.24, 2.45) is 0 Å². The maximum absolute atomic E-state index is 12.4. The fourth-order valence-electron chi connectivity index (χ4n) is 2.93. The van der Waals surface area contributed by atoms with E-state index in [1.165, 1.54) is 0 Å². The molecule has 1 heterocycles. The van der Waals surface area contributed by atoms with Gasteiger partial charge in [-0.2, -0.15) is 0 Å². The number of piperidine rings is 1. The number of nitrogens with zero attached hydrogens (tertiary/aromatic N) is 1. The van der Waals surface area contributed by atoms with Crippen molar-refractivity contribution in [1.29, 1.82) is 0 Å². The van der Waals surface area contributed by atoms with Crippen LogP contribution in [0.4, 0.5) is 0 Å². The van der Waals surface area contributed by atoms with Gasteiger partial charge in [0.1, 0.15) is 5.75 Å². The molecule has 5 nitrogen and oxygen atoms in total. The predicted molar refractivity (Wildman–Crippen MR) is 95.4 cm³/mol. The Hall–Kier alpha value is -2.82. The molecule has 0 bridgehead atoms. The summed E-state index contributed by atoms with van der Waals surface area (Å²) < 4.78 is 5.45. The Labute approximate surface area is 147 Å². The Balaban J connectivity index is 1.41. The summed E-state index contributed by atoms with van der Waals surface area (Å²) in [5.41, 5.74) is 0.709. The minimum absolute atomic E-state index is 0.00712. The lowest BCUT2D eigenvalue weighted by Crippen LogP contribution is -2.47. The van der Waals surface area contributed by atoms with E-state index < -0.39 is 0 Å². The van der Waals surface area contributed by atoms with E-state index in [4.69, 9.17) is 4.74 Å². The van der Waals surface area contributed by atoms with Gasteiger partial charge in [0.2, 0.25) is 0 Å². The highest BCUT2D eigenvalue weighted by Gasteiger charge is 2.24. The van der Waals surface area contributed by atoms with E-state index in [-0.39, 0.29) is 24.5 Å². The molecular weight excluding hydrogens is 316 g/mol. The second-order valence-electron chi connectivity index (χ2n) is 6.10. The zero-order valence-corrected chi connectivity index (χ0v) is 14.1. The standard InChI is InChI=1S/C20H22N2O3/c23-19(15-25-18-9-5-2-6-10-18)21-17-11-13-22(14-12-17)20(24)16-7-3-1-4-8-16/h1-10,17H,11-15H2,(H,21,23). The lowest BCUT2D eigenvalue weighted by atomic mass is 10.0. The Bertz CT molecular complexity index is 695. The second kappa shape index (κ2) is 8.33.